The van der Waals surface area contributed by atoms with Gasteiger partial charge in [0, 0.05) is 31.2 Å². The summed E-state index contributed by atoms with van der Waals surface area (Å²) in [4.78, 5) is 30.3. The average molecular weight is 383 g/mol. The van der Waals surface area contributed by atoms with Crippen molar-refractivity contribution in [1.82, 2.24) is 9.47 Å². The van der Waals surface area contributed by atoms with Crippen molar-refractivity contribution in [2.45, 2.75) is 13.8 Å². The first-order valence-corrected chi connectivity index (χ1v) is 9.21. The van der Waals surface area contributed by atoms with Crippen molar-refractivity contribution >= 4 is 34.9 Å². The minimum absolute atomic E-state index is 0.0483. The molecule has 7 heteroatoms. The highest BCUT2D eigenvalue weighted by atomic mass is 32.2. The minimum Gasteiger partial charge on any atom is -0.465 e. The molecule has 0 aliphatic carbocycles. The molecule has 1 aliphatic rings. The van der Waals surface area contributed by atoms with Crippen LogP contribution in [0.1, 0.15) is 27.3 Å². The van der Waals surface area contributed by atoms with Crippen LogP contribution in [-0.4, -0.2) is 47.7 Å². The van der Waals surface area contributed by atoms with Gasteiger partial charge in [-0.25, -0.2) is 4.79 Å². The Labute approximate surface area is 162 Å². The van der Waals surface area contributed by atoms with Crippen molar-refractivity contribution in [3.63, 3.8) is 0 Å². The molecule has 0 saturated carbocycles. The second-order valence-corrected chi connectivity index (χ2v) is 7.19. The van der Waals surface area contributed by atoms with E-state index in [1.54, 1.807) is 31.1 Å². The van der Waals surface area contributed by atoms with E-state index in [1.807, 2.05) is 38.1 Å². The fraction of sp³-hybridized carbons (Fsp3) is 0.250. The van der Waals surface area contributed by atoms with Gasteiger partial charge >= 0.3 is 5.97 Å². The van der Waals surface area contributed by atoms with Crippen molar-refractivity contribution < 1.29 is 14.3 Å². The molecule has 2 aromatic rings. The number of amidine groups is 1. The van der Waals surface area contributed by atoms with Crippen LogP contribution < -0.4 is 0 Å². The summed E-state index contributed by atoms with van der Waals surface area (Å²) in [6.07, 6.45) is 1.91. The number of aromatic nitrogens is 1. The van der Waals surface area contributed by atoms with Crippen LogP contribution >= 0.6 is 11.8 Å². The molecule has 2 heterocycles. The van der Waals surface area contributed by atoms with Gasteiger partial charge in [-0.15, -0.1) is 0 Å². The first-order valence-electron chi connectivity index (χ1n) is 8.39. The van der Waals surface area contributed by atoms with Gasteiger partial charge in [-0.1, -0.05) is 0 Å². The third-order valence-electron chi connectivity index (χ3n) is 4.50. The number of benzene rings is 1. The van der Waals surface area contributed by atoms with E-state index in [0.29, 0.717) is 15.6 Å². The summed E-state index contributed by atoms with van der Waals surface area (Å²) in [7, 11) is 4.77. The fourth-order valence-corrected chi connectivity index (χ4v) is 4.00. The lowest BCUT2D eigenvalue weighted by Gasteiger charge is -2.10. The smallest absolute Gasteiger partial charge is 0.337 e. The zero-order chi connectivity index (χ0) is 19.7. The van der Waals surface area contributed by atoms with Crippen molar-refractivity contribution in [2.24, 2.45) is 4.99 Å². The molecule has 6 nitrogen and oxygen atoms in total. The molecule has 1 aliphatic heterocycles. The maximum absolute atomic E-state index is 12.4. The summed E-state index contributed by atoms with van der Waals surface area (Å²) < 4.78 is 6.84. The van der Waals surface area contributed by atoms with E-state index in [9.17, 15) is 9.59 Å². The maximum Gasteiger partial charge on any atom is 0.337 e. The molecule has 0 N–H and O–H groups in total. The van der Waals surface area contributed by atoms with Crippen LogP contribution in [0, 0.1) is 13.8 Å². The van der Waals surface area contributed by atoms with E-state index >= 15 is 0 Å². The van der Waals surface area contributed by atoms with Crippen LogP contribution in [0.3, 0.4) is 0 Å². The summed E-state index contributed by atoms with van der Waals surface area (Å²) in [5.74, 6) is -0.407. The van der Waals surface area contributed by atoms with E-state index in [4.69, 9.17) is 4.74 Å². The lowest BCUT2D eigenvalue weighted by Crippen LogP contribution is -2.23. The summed E-state index contributed by atoms with van der Waals surface area (Å²) in [6.45, 7) is 4.02. The molecule has 1 amide bonds. The number of amides is 1. The number of rotatable bonds is 3. The molecule has 27 heavy (non-hydrogen) atoms. The zero-order valence-corrected chi connectivity index (χ0v) is 16.8. The van der Waals surface area contributed by atoms with E-state index in [0.717, 1.165) is 22.6 Å². The van der Waals surface area contributed by atoms with Crippen LogP contribution in [0.5, 0.6) is 0 Å². The summed E-state index contributed by atoms with van der Waals surface area (Å²) in [5, 5.41) is 0.693. The third-order valence-corrected chi connectivity index (χ3v) is 5.65. The number of aliphatic imine (C=N–C) groups is 1. The topological polar surface area (TPSA) is 63.9 Å². The van der Waals surface area contributed by atoms with Gasteiger partial charge in [-0.2, -0.15) is 0 Å². The molecule has 140 valence electrons. The van der Waals surface area contributed by atoms with Gasteiger partial charge in [0.05, 0.1) is 17.6 Å². The highest BCUT2D eigenvalue weighted by Gasteiger charge is 2.30. The van der Waals surface area contributed by atoms with Crippen LogP contribution in [-0.2, 0) is 9.53 Å². The number of carbonyl (C=O) groups excluding carboxylic acids is 2. The number of carbonyl (C=O) groups is 2. The number of thioether (sulfide) groups is 1. The predicted octanol–water partition coefficient (Wildman–Crippen LogP) is 3.41. The van der Waals surface area contributed by atoms with Gasteiger partial charge in [0.1, 0.15) is 0 Å². The largest absolute Gasteiger partial charge is 0.465 e. The van der Waals surface area contributed by atoms with Crippen LogP contribution in [0.15, 0.2) is 40.2 Å². The quantitative estimate of drug-likeness (QED) is 0.602. The minimum atomic E-state index is -0.359. The van der Waals surface area contributed by atoms with E-state index in [1.165, 1.54) is 18.9 Å². The highest BCUT2D eigenvalue weighted by molar-refractivity contribution is 8.18. The number of methoxy groups -OCH3 is 1. The third kappa shape index (κ3) is 3.42. The standard InChI is InChI=1S/C20H21N3O3S/c1-12-10-15(11-17-18(24)22(4)20(21-3)27-17)13(2)23(12)16-8-6-14(7-9-16)19(25)26-5/h6-11H,1-5H3/b17-11+,21-20?. The molecular weight excluding hydrogens is 362 g/mol. The number of hydrogen-bond donors (Lipinski definition) is 0. The predicted molar refractivity (Wildman–Crippen MR) is 108 cm³/mol. The molecule has 0 radical (unpaired) electrons. The zero-order valence-electron chi connectivity index (χ0n) is 15.9. The van der Waals surface area contributed by atoms with Gasteiger partial charge in [0.2, 0.25) is 0 Å². The second-order valence-electron chi connectivity index (χ2n) is 6.18. The van der Waals surface area contributed by atoms with Crippen molar-refractivity contribution in [2.75, 3.05) is 21.2 Å². The molecule has 1 fully saturated rings. The second kappa shape index (κ2) is 7.44. The molecule has 0 atom stereocenters. The first-order chi connectivity index (χ1) is 12.9. The van der Waals surface area contributed by atoms with E-state index in [-0.39, 0.29) is 11.9 Å². The Hall–Kier alpha value is -2.80. The summed E-state index contributed by atoms with van der Waals surface area (Å²) in [5.41, 5.74) is 4.49. The summed E-state index contributed by atoms with van der Waals surface area (Å²) in [6, 6.07) is 9.30. The monoisotopic (exact) mass is 383 g/mol. The Kier molecular flexibility index (Phi) is 5.23. The maximum atomic E-state index is 12.4. The van der Waals surface area contributed by atoms with Gasteiger partial charge in [0.25, 0.3) is 5.91 Å². The molecule has 0 unspecified atom stereocenters. The lowest BCUT2D eigenvalue weighted by molar-refractivity contribution is -0.121. The molecule has 0 bridgehead atoms. The van der Waals surface area contributed by atoms with Gasteiger partial charge in [-0.3, -0.25) is 14.7 Å². The van der Waals surface area contributed by atoms with Crippen LogP contribution in [0.25, 0.3) is 11.8 Å². The van der Waals surface area contributed by atoms with E-state index < -0.39 is 0 Å². The number of aryl methyl sites for hydroxylation is 1. The number of hydrogen-bond acceptors (Lipinski definition) is 5. The number of esters is 1. The van der Waals surface area contributed by atoms with Gasteiger partial charge in [-0.05, 0) is 67.6 Å². The van der Waals surface area contributed by atoms with Crippen molar-refractivity contribution in [3.8, 4) is 5.69 Å². The Balaban J connectivity index is 1.97. The number of nitrogens with zero attached hydrogens (tertiary/aromatic N) is 3. The Bertz CT molecular complexity index is 971. The SMILES string of the molecule is CN=C1S/C(=C/c2cc(C)n(-c3ccc(C(=O)OC)cc3)c2C)C(=O)N1C. The van der Waals surface area contributed by atoms with Gasteiger partial charge in [0.15, 0.2) is 5.17 Å². The van der Waals surface area contributed by atoms with Crippen molar-refractivity contribution in [3.05, 3.63) is 57.8 Å². The first kappa shape index (κ1) is 19.0. The molecule has 1 aromatic carbocycles. The fourth-order valence-electron chi connectivity index (χ4n) is 3.09. The number of ether oxygens (including phenoxy) is 1. The molecule has 1 saturated heterocycles. The van der Waals surface area contributed by atoms with Crippen LogP contribution in [0.4, 0.5) is 0 Å². The van der Waals surface area contributed by atoms with Gasteiger partial charge < -0.3 is 9.30 Å². The Morgan fingerprint density at radius 2 is 1.89 bits per heavy atom. The molecule has 1 aromatic heterocycles. The number of likely N-dealkylation sites (N-methyl/N-ethyl adjacent to an activating group) is 1. The molecular formula is C20H21N3O3S. The average Bonchev–Trinajstić information content (AvgIpc) is 3.11. The molecule has 0 spiro atoms. The van der Waals surface area contributed by atoms with Crippen molar-refractivity contribution in [1.29, 1.82) is 0 Å². The molecule has 3 rings (SSSR count). The lowest BCUT2D eigenvalue weighted by atomic mass is 10.2. The Morgan fingerprint density at radius 1 is 1.22 bits per heavy atom. The highest BCUT2D eigenvalue weighted by Crippen LogP contribution is 2.33. The van der Waals surface area contributed by atoms with Crippen LogP contribution in [0.2, 0.25) is 0 Å². The summed E-state index contributed by atoms with van der Waals surface area (Å²) >= 11 is 1.38. The normalized spacial score (nSPS) is 17.2. The van der Waals surface area contributed by atoms with E-state index in [2.05, 4.69) is 9.56 Å². The Morgan fingerprint density at radius 3 is 2.44 bits per heavy atom.